The normalized spacial score (nSPS) is 10.5. The average Bonchev–Trinajstić information content (AvgIpc) is 2.49. The maximum Gasteiger partial charge on any atom is 0.161 e. The average molecular weight is 307 g/mol. The third-order valence-electron chi connectivity index (χ3n) is 3.21. The zero-order valence-corrected chi connectivity index (χ0v) is 13.5. The molecule has 0 aliphatic carbocycles. The highest BCUT2D eigenvalue weighted by molar-refractivity contribution is 6.30. The molecule has 1 heterocycles. The van der Waals surface area contributed by atoms with Crippen LogP contribution in [0.15, 0.2) is 18.2 Å². The molecule has 0 spiro atoms. The molecule has 0 fully saturated rings. The van der Waals surface area contributed by atoms with E-state index in [0.29, 0.717) is 23.3 Å². The number of hydrogen-bond donors (Lipinski definition) is 0. The monoisotopic (exact) mass is 306 g/mol. The van der Waals surface area contributed by atoms with Crippen LogP contribution in [0, 0.1) is 13.8 Å². The van der Waals surface area contributed by atoms with Gasteiger partial charge in [0.15, 0.2) is 17.3 Å². The van der Waals surface area contributed by atoms with Gasteiger partial charge in [0, 0.05) is 16.8 Å². The molecule has 0 radical (unpaired) electrons. The first-order valence-electron chi connectivity index (χ1n) is 6.88. The Hall–Kier alpha value is -1.81. The topological polar surface area (TPSA) is 44.2 Å². The van der Waals surface area contributed by atoms with Gasteiger partial charge >= 0.3 is 0 Å². The fourth-order valence-corrected chi connectivity index (χ4v) is 2.08. The van der Waals surface area contributed by atoms with Gasteiger partial charge in [0.25, 0.3) is 0 Å². The quantitative estimate of drug-likeness (QED) is 0.776. The Kier molecular flexibility index (Phi) is 5.02. The van der Waals surface area contributed by atoms with Crippen molar-refractivity contribution in [3.05, 3.63) is 34.6 Å². The number of nitrogens with zero attached hydrogens (tertiary/aromatic N) is 2. The van der Waals surface area contributed by atoms with Crippen LogP contribution in [0.4, 0.5) is 0 Å². The molecule has 2 aromatic rings. The molecular weight excluding hydrogens is 288 g/mol. The maximum atomic E-state index is 6.14. The zero-order valence-electron chi connectivity index (χ0n) is 12.7. The van der Waals surface area contributed by atoms with Gasteiger partial charge in [-0.15, -0.1) is 0 Å². The first kappa shape index (κ1) is 15.6. The molecule has 0 amide bonds. The van der Waals surface area contributed by atoms with Gasteiger partial charge in [-0.2, -0.15) is 0 Å². The Morgan fingerprint density at radius 1 is 1.14 bits per heavy atom. The molecule has 0 saturated heterocycles. The molecule has 0 saturated carbocycles. The highest BCUT2D eigenvalue weighted by Crippen LogP contribution is 2.32. The third-order valence-corrected chi connectivity index (χ3v) is 3.58. The van der Waals surface area contributed by atoms with Crippen LogP contribution in [0.25, 0.3) is 11.4 Å². The number of methoxy groups -OCH3 is 1. The van der Waals surface area contributed by atoms with Crippen LogP contribution in [0.2, 0.25) is 5.15 Å². The molecule has 0 atom stereocenters. The molecule has 0 N–H and O–H groups in total. The van der Waals surface area contributed by atoms with E-state index >= 15 is 0 Å². The van der Waals surface area contributed by atoms with Crippen LogP contribution in [-0.4, -0.2) is 23.7 Å². The smallest absolute Gasteiger partial charge is 0.161 e. The van der Waals surface area contributed by atoms with Crippen molar-refractivity contribution in [3.63, 3.8) is 0 Å². The second kappa shape index (κ2) is 6.76. The lowest BCUT2D eigenvalue weighted by Gasteiger charge is -2.12. The van der Waals surface area contributed by atoms with Crippen molar-refractivity contribution < 1.29 is 9.47 Å². The minimum absolute atomic E-state index is 0.475. The Labute approximate surface area is 130 Å². The van der Waals surface area contributed by atoms with E-state index in [1.54, 1.807) is 7.11 Å². The summed E-state index contributed by atoms with van der Waals surface area (Å²) in [6.45, 7) is 6.54. The first-order chi connectivity index (χ1) is 10.1. The highest BCUT2D eigenvalue weighted by Gasteiger charge is 2.11. The lowest BCUT2D eigenvalue weighted by Crippen LogP contribution is -1.99. The summed E-state index contributed by atoms with van der Waals surface area (Å²) in [5, 5.41) is 0.475. The zero-order chi connectivity index (χ0) is 15.4. The van der Waals surface area contributed by atoms with Crippen molar-refractivity contribution in [2.45, 2.75) is 27.2 Å². The van der Waals surface area contributed by atoms with Crippen LogP contribution in [-0.2, 0) is 0 Å². The molecule has 1 aromatic heterocycles. The molecule has 5 heteroatoms. The molecule has 0 aliphatic rings. The summed E-state index contributed by atoms with van der Waals surface area (Å²) in [5.74, 6) is 1.97. The third kappa shape index (κ3) is 3.45. The van der Waals surface area contributed by atoms with Crippen molar-refractivity contribution in [1.82, 2.24) is 9.97 Å². The van der Waals surface area contributed by atoms with Crippen LogP contribution in [0.1, 0.15) is 24.6 Å². The Morgan fingerprint density at radius 2 is 1.90 bits per heavy atom. The van der Waals surface area contributed by atoms with Crippen molar-refractivity contribution in [2.75, 3.05) is 13.7 Å². The van der Waals surface area contributed by atoms with E-state index in [1.165, 1.54) is 0 Å². The van der Waals surface area contributed by atoms with E-state index in [9.17, 15) is 0 Å². The summed E-state index contributed by atoms with van der Waals surface area (Å²) in [6, 6.07) is 5.65. The van der Waals surface area contributed by atoms with E-state index in [-0.39, 0.29) is 0 Å². The van der Waals surface area contributed by atoms with Gasteiger partial charge in [0.1, 0.15) is 5.15 Å². The SMILES string of the molecule is CCCOc1ccc(-c2nc(C)c(C)c(Cl)n2)cc1OC. The predicted molar refractivity (Wildman–Crippen MR) is 84.3 cm³/mol. The number of ether oxygens (including phenoxy) is 2. The standard InChI is InChI=1S/C16H19ClN2O2/c1-5-8-21-13-7-6-12(9-14(13)20-4)16-18-11(3)10(2)15(17)19-16/h6-7,9H,5,8H2,1-4H3. The van der Waals surface area contributed by atoms with Crippen LogP contribution in [0.5, 0.6) is 11.5 Å². The second-order valence-electron chi connectivity index (χ2n) is 4.76. The van der Waals surface area contributed by atoms with Gasteiger partial charge < -0.3 is 9.47 Å². The summed E-state index contributed by atoms with van der Waals surface area (Å²) in [6.07, 6.45) is 0.945. The van der Waals surface area contributed by atoms with E-state index in [4.69, 9.17) is 21.1 Å². The minimum atomic E-state index is 0.475. The summed E-state index contributed by atoms with van der Waals surface area (Å²) in [5.41, 5.74) is 2.62. The molecular formula is C16H19ClN2O2. The van der Waals surface area contributed by atoms with E-state index in [0.717, 1.165) is 29.0 Å². The van der Waals surface area contributed by atoms with Crippen LogP contribution in [0.3, 0.4) is 0 Å². The van der Waals surface area contributed by atoms with E-state index in [1.807, 2.05) is 32.0 Å². The largest absolute Gasteiger partial charge is 0.493 e. The fourth-order valence-electron chi connectivity index (χ4n) is 1.86. The van der Waals surface area contributed by atoms with Gasteiger partial charge in [-0.1, -0.05) is 18.5 Å². The first-order valence-corrected chi connectivity index (χ1v) is 7.26. The molecule has 1 aromatic carbocycles. The van der Waals surface area contributed by atoms with Crippen LogP contribution >= 0.6 is 11.6 Å². The lowest BCUT2D eigenvalue weighted by atomic mass is 10.1. The van der Waals surface area contributed by atoms with Gasteiger partial charge in [0.2, 0.25) is 0 Å². The van der Waals surface area contributed by atoms with E-state index in [2.05, 4.69) is 16.9 Å². The summed E-state index contributed by atoms with van der Waals surface area (Å²) >= 11 is 6.14. The molecule has 0 unspecified atom stereocenters. The van der Waals surface area contributed by atoms with E-state index < -0.39 is 0 Å². The number of aryl methyl sites for hydroxylation is 1. The van der Waals surface area contributed by atoms with Crippen molar-refractivity contribution >= 4 is 11.6 Å². The van der Waals surface area contributed by atoms with Crippen molar-refractivity contribution in [1.29, 1.82) is 0 Å². The van der Waals surface area contributed by atoms with Gasteiger partial charge in [0.05, 0.1) is 13.7 Å². The second-order valence-corrected chi connectivity index (χ2v) is 5.12. The Morgan fingerprint density at radius 3 is 2.52 bits per heavy atom. The summed E-state index contributed by atoms with van der Waals surface area (Å²) in [4.78, 5) is 8.81. The Balaban J connectivity index is 2.41. The minimum Gasteiger partial charge on any atom is -0.493 e. The Bertz CT molecular complexity index is 621. The fraction of sp³-hybridized carbons (Fsp3) is 0.375. The molecule has 0 aliphatic heterocycles. The molecule has 4 nitrogen and oxygen atoms in total. The summed E-state index contributed by atoms with van der Waals surface area (Å²) < 4.78 is 11.0. The maximum absolute atomic E-state index is 6.14. The number of hydrogen-bond acceptors (Lipinski definition) is 4. The van der Waals surface area contributed by atoms with Gasteiger partial charge in [-0.25, -0.2) is 9.97 Å². The number of benzene rings is 1. The molecule has 2 rings (SSSR count). The number of rotatable bonds is 5. The lowest BCUT2D eigenvalue weighted by molar-refractivity contribution is 0.294. The predicted octanol–water partition coefficient (Wildman–Crippen LogP) is 4.21. The molecule has 112 valence electrons. The van der Waals surface area contributed by atoms with Crippen molar-refractivity contribution in [3.8, 4) is 22.9 Å². The van der Waals surface area contributed by atoms with Gasteiger partial charge in [-0.05, 0) is 38.5 Å². The van der Waals surface area contributed by atoms with Crippen molar-refractivity contribution in [2.24, 2.45) is 0 Å². The molecule has 0 bridgehead atoms. The van der Waals surface area contributed by atoms with Gasteiger partial charge in [-0.3, -0.25) is 0 Å². The highest BCUT2D eigenvalue weighted by atomic mass is 35.5. The molecule has 21 heavy (non-hydrogen) atoms. The number of halogens is 1. The summed E-state index contributed by atoms with van der Waals surface area (Å²) in [7, 11) is 1.62. The van der Waals surface area contributed by atoms with Crippen LogP contribution < -0.4 is 9.47 Å². The number of aromatic nitrogens is 2.